The maximum Gasteiger partial charge on any atom is 0.331 e. The summed E-state index contributed by atoms with van der Waals surface area (Å²) in [5.74, 6) is 0.0370. The van der Waals surface area contributed by atoms with Gasteiger partial charge >= 0.3 is 5.97 Å². The number of carbonyl (C=O) groups excluding carboxylic acids is 2. The minimum atomic E-state index is -0.638. The number of carbonyl (C=O) groups is 2. The largest absolute Gasteiger partial charge is 0.493 e. The van der Waals surface area contributed by atoms with Crippen LogP contribution >= 0.6 is 11.6 Å². The molecule has 2 aromatic carbocycles. The second-order valence-electron chi connectivity index (χ2n) is 5.11. The van der Waals surface area contributed by atoms with E-state index in [1.807, 2.05) is 0 Å². The number of anilines is 1. The van der Waals surface area contributed by atoms with E-state index in [1.54, 1.807) is 55.7 Å². The van der Waals surface area contributed by atoms with E-state index in [0.29, 0.717) is 22.2 Å². The third-order valence-corrected chi connectivity index (χ3v) is 3.51. The standard InChI is InChI=1S/C19H18ClNO5/c1-24-16-8-6-13(10-17(16)25-2)7-9-19(23)26-12-18(22)21-15-5-3-4-14(20)11-15/h3-11H,12H2,1-2H3,(H,21,22). The van der Waals surface area contributed by atoms with Crippen molar-refractivity contribution in [2.45, 2.75) is 0 Å². The van der Waals surface area contributed by atoms with Gasteiger partial charge in [0.25, 0.3) is 5.91 Å². The topological polar surface area (TPSA) is 73.9 Å². The van der Waals surface area contributed by atoms with Gasteiger partial charge in [0, 0.05) is 16.8 Å². The van der Waals surface area contributed by atoms with Crippen LogP contribution in [0, 0.1) is 0 Å². The Kier molecular flexibility index (Phi) is 7.05. The molecule has 2 aromatic rings. The van der Waals surface area contributed by atoms with Crippen LogP contribution in [0.4, 0.5) is 5.69 Å². The number of esters is 1. The summed E-state index contributed by atoms with van der Waals surface area (Å²) in [7, 11) is 3.07. The molecule has 0 spiro atoms. The van der Waals surface area contributed by atoms with E-state index in [1.165, 1.54) is 13.2 Å². The van der Waals surface area contributed by atoms with Gasteiger partial charge in [-0.3, -0.25) is 4.79 Å². The first-order valence-electron chi connectivity index (χ1n) is 7.64. The summed E-state index contributed by atoms with van der Waals surface area (Å²) < 4.78 is 15.2. The van der Waals surface area contributed by atoms with Gasteiger partial charge in [-0.05, 0) is 42.0 Å². The van der Waals surface area contributed by atoms with E-state index >= 15 is 0 Å². The predicted octanol–water partition coefficient (Wildman–Crippen LogP) is 3.55. The molecular formula is C19H18ClNO5. The fourth-order valence-corrected chi connectivity index (χ4v) is 2.26. The molecule has 0 atom stereocenters. The minimum absolute atomic E-state index is 0.401. The molecule has 1 N–H and O–H groups in total. The molecule has 0 radical (unpaired) electrons. The van der Waals surface area contributed by atoms with Crippen molar-refractivity contribution in [3.8, 4) is 11.5 Å². The number of methoxy groups -OCH3 is 2. The molecular weight excluding hydrogens is 358 g/mol. The van der Waals surface area contributed by atoms with Gasteiger partial charge in [0.15, 0.2) is 18.1 Å². The Labute approximate surface area is 156 Å². The first-order valence-corrected chi connectivity index (χ1v) is 8.02. The summed E-state index contributed by atoms with van der Waals surface area (Å²) in [4.78, 5) is 23.5. The van der Waals surface area contributed by atoms with E-state index in [4.69, 9.17) is 25.8 Å². The maximum atomic E-state index is 11.8. The Morgan fingerprint density at radius 1 is 1.08 bits per heavy atom. The summed E-state index contributed by atoms with van der Waals surface area (Å²) in [5, 5.41) is 3.08. The molecule has 7 heteroatoms. The van der Waals surface area contributed by atoms with Crippen LogP contribution in [0.25, 0.3) is 6.08 Å². The van der Waals surface area contributed by atoms with Gasteiger partial charge in [0.1, 0.15) is 0 Å². The molecule has 0 aliphatic heterocycles. The van der Waals surface area contributed by atoms with Crippen molar-refractivity contribution < 1.29 is 23.8 Å². The highest BCUT2D eigenvalue weighted by Crippen LogP contribution is 2.27. The van der Waals surface area contributed by atoms with Gasteiger partial charge < -0.3 is 19.5 Å². The number of ether oxygens (including phenoxy) is 3. The highest BCUT2D eigenvalue weighted by molar-refractivity contribution is 6.30. The number of hydrogen-bond acceptors (Lipinski definition) is 5. The molecule has 0 aliphatic carbocycles. The van der Waals surface area contributed by atoms with Crippen molar-refractivity contribution in [2.75, 3.05) is 26.1 Å². The highest BCUT2D eigenvalue weighted by atomic mass is 35.5. The molecule has 0 aliphatic rings. The molecule has 0 fully saturated rings. The van der Waals surface area contributed by atoms with Gasteiger partial charge in [-0.2, -0.15) is 0 Å². The van der Waals surface area contributed by atoms with Crippen LogP contribution in [-0.4, -0.2) is 32.7 Å². The zero-order chi connectivity index (χ0) is 18.9. The number of halogens is 1. The van der Waals surface area contributed by atoms with Crippen molar-refractivity contribution in [1.29, 1.82) is 0 Å². The maximum absolute atomic E-state index is 11.8. The summed E-state index contributed by atoms with van der Waals surface area (Å²) in [6, 6.07) is 11.9. The second kappa shape index (κ2) is 9.48. The van der Waals surface area contributed by atoms with Crippen molar-refractivity contribution in [3.63, 3.8) is 0 Å². The number of rotatable bonds is 7. The highest BCUT2D eigenvalue weighted by Gasteiger charge is 2.07. The van der Waals surface area contributed by atoms with Crippen LogP contribution in [0.15, 0.2) is 48.5 Å². The number of hydrogen-bond donors (Lipinski definition) is 1. The average Bonchev–Trinajstić information content (AvgIpc) is 2.64. The van der Waals surface area contributed by atoms with Crippen LogP contribution in [0.3, 0.4) is 0 Å². The van der Waals surface area contributed by atoms with Gasteiger partial charge in [-0.25, -0.2) is 4.79 Å². The molecule has 0 bridgehead atoms. The fourth-order valence-electron chi connectivity index (χ4n) is 2.07. The molecule has 136 valence electrons. The van der Waals surface area contributed by atoms with Crippen LogP contribution < -0.4 is 14.8 Å². The monoisotopic (exact) mass is 375 g/mol. The Bertz CT molecular complexity index is 819. The smallest absolute Gasteiger partial charge is 0.331 e. The molecule has 0 saturated heterocycles. The Balaban J connectivity index is 1.86. The van der Waals surface area contributed by atoms with Crippen molar-refractivity contribution in [2.24, 2.45) is 0 Å². The number of benzene rings is 2. The average molecular weight is 376 g/mol. The zero-order valence-corrected chi connectivity index (χ0v) is 15.1. The van der Waals surface area contributed by atoms with E-state index < -0.39 is 18.5 Å². The van der Waals surface area contributed by atoms with Gasteiger partial charge in [-0.1, -0.05) is 23.7 Å². The van der Waals surface area contributed by atoms with Gasteiger partial charge in [0.2, 0.25) is 0 Å². The summed E-state index contributed by atoms with van der Waals surface area (Å²) in [6.07, 6.45) is 2.78. The van der Waals surface area contributed by atoms with Crippen LogP contribution in [0.5, 0.6) is 11.5 Å². The number of nitrogens with one attached hydrogen (secondary N) is 1. The van der Waals surface area contributed by atoms with Crippen molar-refractivity contribution >= 4 is 35.2 Å². The molecule has 1 amide bonds. The molecule has 26 heavy (non-hydrogen) atoms. The minimum Gasteiger partial charge on any atom is -0.493 e. The van der Waals surface area contributed by atoms with Crippen molar-refractivity contribution in [1.82, 2.24) is 0 Å². The van der Waals surface area contributed by atoms with E-state index in [0.717, 1.165) is 5.56 Å². The van der Waals surface area contributed by atoms with E-state index in [-0.39, 0.29) is 0 Å². The van der Waals surface area contributed by atoms with E-state index in [9.17, 15) is 9.59 Å². The predicted molar refractivity (Wildman–Crippen MR) is 99.6 cm³/mol. The van der Waals surface area contributed by atoms with Crippen LogP contribution in [0.2, 0.25) is 5.02 Å². The lowest BCUT2D eigenvalue weighted by molar-refractivity contribution is -0.142. The molecule has 6 nitrogen and oxygen atoms in total. The second-order valence-corrected chi connectivity index (χ2v) is 5.55. The zero-order valence-electron chi connectivity index (χ0n) is 14.3. The Hall–Kier alpha value is -2.99. The lowest BCUT2D eigenvalue weighted by Gasteiger charge is -2.07. The first kappa shape index (κ1) is 19.3. The normalized spacial score (nSPS) is 10.4. The SMILES string of the molecule is COc1ccc(C=CC(=O)OCC(=O)Nc2cccc(Cl)c2)cc1OC. The van der Waals surface area contributed by atoms with Crippen LogP contribution in [-0.2, 0) is 14.3 Å². The molecule has 0 aromatic heterocycles. The van der Waals surface area contributed by atoms with Crippen molar-refractivity contribution in [3.05, 3.63) is 59.1 Å². The third-order valence-electron chi connectivity index (χ3n) is 3.27. The number of amides is 1. The molecule has 0 saturated carbocycles. The molecule has 0 unspecified atom stereocenters. The quantitative estimate of drug-likeness (QED) is 0.591. The first-order chi connectivity index (χ1) is 12.5. The summed E-state index contributed by atoms with van der Waals surface area (Å²) >= 11 is 5.83. The lowest BCUT2D eigenvalue weighted by atomic mass is 10.2. The Morgan fingerprint density at radius 2 is 1.85 bits per heavy atom. The molecule has 0 heterocycles. The Morgan fingerprint density at radius 3 is 2.54 bits per heavy atom. The van der Waals surface area contributed by atoms with Gasteiger partial charge in [-0.15, -0.1) is 0 Å². The summed E-state index contributed by atoms with van der Waals surface area (Å²) in [6.45, 7) is -0.401. The lowest BCUT2D eigenvalue weighted by Crippen LogP contribution is -2.20. The summed E-state index contributed by atoms with van der Waals surface area (Å²) in [5.41, 5.74) is 1.25. The van der Waals surface area contributed by atoms with Crippen LogP contribution in [0.1, 0.15) is 5.56 Å². The fraction of sp³-hybridized carbons (Fsp3) is 0.158. The molecule has 2 rings (SSSR count). The third kappa shape index (κ3) is 5.82. The van der Waals surface area contributed by atoms with E-state index in [2.05, 4.69) is 5.32 Å². The van der Waals surface area contributed by atoms with Gasteiger partial charge in [0.05, 0.1) is 14.2 Å².